The van der Waals surface area contributed by atoms with Crippen molar-refractivity contribution in [1.29, 1.82) is 0 Å². The predicted octanol–water partition coefficient (Wildman–Crippen LogP) is 1.63. The second-order valence-electron chi connectivity index (χ2n) is 4.25. The third-order valence-electron chi connectivity index (χ3n) is 3.03. The molecular weight excluding hydrogens is 244 g/mol. The van der Waals surface area contributed by atoms with Crippen LogP contribution < -0.4 is 0 Å². The lowest BCUT2D eigenvalue weighted by molar-refractivity contribution is 0.0697. The van der Waals surface area contributed by atoms with E-state index in [-0.39, 0.29) is 5.56 Å². The van der Waals surface area contributed by atoms with E-state index in [2.05, 4.69) is 9.97 Å². The summed E-state index contributed by atoms with van der Waals surface area (Å²) < 4.78 is 3.98. The van der Waals surface area contributed by atoms with Gasteiger partial charge in [-0.25, -0.2) is 14.8 Å². The molecule has 0 aliphatic carbocycles. The van der Waals surface area contributed by atoms with Gasteiger partial charge in [0.15, 0.2) is 0 Å². The molecule has 0 unspecified atom stereocenters. The van der Waals surface area contributed by atoms with Crippen molar-refractivity contribution in [2.45, 2.75) is 13.1 Å². The number of hydrogen-bond acceptors (Lipinski definition) is 3. The van der Waals surface area contributed by atoms with Gasteiger partial charge < -0.3 is 14.2 Å². The average Bonchev–Trinajstić information content (AvgIpc) is 3.05. The lowest BCUT2D eigenvalue weighted by Crippen LogP contribution is -2.04. The van der Waals surface area contributed by atoms with Crippen molar-refractivity contribution in [3.05, 3.63) is 48.8 Å². The smallest absolute Gasteiger partial charge is 0.335 e. The van der Waals surface area contributed by atoms with Crippen LogP contribution in [0.2, 0.25) is 0 Å². The summed E-state index contributed by atoms with van der Waals surface area (Å²) in [5.74, 6) is -0.935. The third-order valence-corrected chi connectivity index (χ3v) is 3.03. The molecule has 0 amide bonds. The first-order chi connectivity index (χ1) is 9.24. The highest BCUT2D eigenvalue weighted by Crippen LogP contribution is 2.15. The zero-order valence-electron chi connectivity index (χ0n) is 10.1. The molecule has 2 aromatic heterocycles. The Balaban J connectivity index is 1.86. The number of imidazole rings is 2. The number of aromatic nitrogens is 4. The molecule has 0 bridgehead atoms. The number of aryl methyl sites for hydroxylation is 2. The zero-order chi connectivity index (χ0) is 13.2. The summed E-state index contributed by atoms with van der Waals surface area (Å²) in [7, 11) is 0. The van der Waals surface area contributed by atoms with Gasteiger partial charge in [-0.1, -0.05) is 0 Å². The SMILES string of the molecule is O=C(O)c1ccc2c(c1)ncn2CCn1ccnc1. The molecule has 0 saturated heterocycles. The summed E-state index contributed by atoms with van der Waals surface area (Å²) >= 11 is 0. The number of aromatic carboxylic acids is 1. The highest BCUT2D eigenvalue weighted by Gasteiger charge is 2.07. The van der Waals surface area contributed by atoms with E-state index in [0.717, 1.165) is 18.6 Å². The molecule has 19 heavy (non-hydrogen) atoms. The normalized spacial score (nSPS) is 10.9. The molecule has 6 nitrogen and oxygen atoms in total. The highest BCUT2D eigenvalue weighted by atomic mass is 16.4. The fraction of sp³-hybridized carbons (Fsp3) is 0.154. The fourth-order valence-electron chi connectivity index (χ4n) is 2.02. The molecule has 3 aromatic rings. The van der Waals surface area contributed by atoms with E-state index in [1.807, 2.05) is 15.3 Å². The van der Waals surface area contributed by atoms with Crippen molar-refractivity contribution in [3.63, 3.8) is 0 Å². The van der Waals surface area contributed by atoms with E-state index in [1.165, 1.54) is 0 Å². The standard InChI is InChI=1S/C13H12N4O2/c18-13(19)10-1-2-12-11(7-10)15-9-17(12)6-5-16-4-3-14-8-16/h1-4,7-9H,5-6H2,(H,18,19). The molecule has 96 valence electrons. The summed E-state index contributed by atoms with van der Waals surface area (Å²) in [5.41, 5.74) is 1.89. The van der Waals surface area contributed by atoms with Crippen LogP contribution in [0.5, 0.6) is 0 Å². The van der Waals surface area contributed by atoms with Gasteiger partial charge >= 0.3 is 5.97 Å². The first kappa shape index (κ1) is 11.5. The average molecular weight is 256 g/mol. The molecule has 0 radical (unpaired) electrons. The van der Waals surface area contributed by atoms with Gasteiger partial charge in [0.1, 0.15) is 0 Å². The summed E-state index contributed by atoms with van der Waals surface area (Å²) in [6, 6.07) is 4.98. The van der Waals surface area contributed by atoms with Crippen molar-refractivity contribution in [3.8, 4) is 0 Å². The van der Waals surface area contributed by atoms with Gasteiger partial charge in [-0.2, -0.15) is 0 Å². The lowest BCUT2D eigenvalue weighted by atomic mass is 10.2. The molecule has 1 N–H and O–H groups in total. The van der Waals surface area contributed by atoms with Gasteiger partial charge in [0, 0.05) is 25.5 Å². The van der Waals surface area contributed by atoms with Crippen LogP contribution in [0.3, 0.4) is 0 Å². The number of benzene rings is 1. The Labute approximate surface area is 108 Å². The van der Waals surface area contributed by atoms with Gasteiger partial charge in [-0.05, 0) is 18.2 Å². The summed E-state index contributed by atoms with van der Waals surface area (Å²) in [6.45, 7) is 1.56. The Morgan fingerprint density at radius 1 is 1.26 bits per heavy atom. The number of carboxylic acid groups (broad SMARTS) is 1. The maximum absolute atomic E-state index is 10.9. The van der Waals surface area contributed by atoms with Crippen LogP contribution in [0.4, 0.5) is 0 Å². The fourth-order valence-corrected chi connectivity index (χ4v) is 2.02. The van der Waals surface area contributed by atoms with Gasteiger partial charge in [-0.15, -0.1) is 0 Å². The summed E-state index contributed by atoms with van der Waals surface area (Å²) in [4.78, 5) is 19.1. The monoisotopic (exact) mass is 256 g/mol. The van der Waals surface area contributed by atoms with Crippen LogP contribution in [-0.4, -0.2) is 30.2 Å². The van der Waals surface area contributed by atoms with Crippen LogP contribution in [-0.2, 0) is 13.1 Å². The maximum Gasteiger partial charge on any atom is 0.335 e. The second kappa shape index (κ2) is 4.56. The zero-order valence-corrected chi connectivity index (χ0v) is 10.1. The van der Waals surface area contributed by atoms with E-state index < -0.39 is 5.97 Å². The Morgan fingerprint density at radius 3 is 2.89 bits per heavy atom. The van der Waals surface area contributed by atoms with Crippen molar-refractivity contribution < 1.29 is 9.90 Å². The first-order valence-corrected chi connectivity index (χ1v) is 5.88. The van der Waals surface area contributed by atoms with E-state index in [0.29, 0.717) is 5.52 Å². The summed E-state index contributed by atoms with van der Waals surface area (Å²) in [5, 5.41) is 8.93. The topological polar surface area (TPSA) is 72.9 Å². The number of fused-ring (bicyclic) bond motifs is 1. The number of nitrogens with zero attached hydrogens (tertiary/aromatic N) is 4. The molecule has 2 heterocycles. The van der Waals surface area contributed by atoms with Gasteiger partial charge in [0.05, 0.1) is 29.3 Å². The van der Waals surface area contributed by atoms with Gasteiger partial charge in [-0.3, -0.25) is 0 Å². The molecule has 0 saturated carbocycles. The molecule has 1 aromatic carbocycles. The second-order valence-corrected chi connectivity index (χ2v) is 4.25. The molecule has 3 rings (SSSR count). The van der Waals surface area contributed by atoms with Crippen LogP contribution >= 0.6 is 0 Å². The predicted molar refractivity (Wildman–Crippen MR) is 68.9 cm³/mol. The Kier molecular flexibility index (Phi) is 2.75. The first-order valence-electron chi connectivity index (χ1n) is 5.88. The largest absolute Gasteiger partial charge is 0.478 e. The van der Waals surface area contributed by atoms with Crippen LogP contribution in [0.25, 0.3) is 11.0 Å². The number of hydrogen-bond donors (Lipinski definition) is 1. The van der Waals surface area contributed by atoms with E-state index in [9.17, 15) is 4.79 Å². The van der Waals surface area contributed by atoms with Crippen molar-refractivity contribution in [1.82, 2.24) is 19.1 Å². The quantitative estimate of drug-likeness (QED) is 0.770. The Bertz CT molecular complexity index is 715. The van der Waals surface area contributed by atoms with E-state index >= 15 is 0 Å². The summed E-state index contributed by atoms with van der Waals surface area (Å²) in [6.07, 6.45) is 7.14. The van der Waals surface area contributed by atoms with Crippen molar-refractivity contribution >= 4 is 17.0 Å². The van der Waals surface area contributed by atoms with Crippen LogP contribution in [0.1, 0.15) is 10.4 Å². The van der Waals surface area contributed by atoms with E-state index in [1.54, 1.807) is 37.1 Å². The van der Waals surface area contributed by atoms with Gasteiger partial charge in [0.25, 0.3) is 0 Å². The molecule has 0 fully saturated rings. The number of carboxylic acids is 1. The minimum atomic E-state index is -0.935. The van der Waals surface area contributed by atoms with Gasteiger partial charge in [0.2, 0.25) is 0 Å². The molecule has 0 atom stereocenters. The molecule has 6 heteroatoms. The van der Waals surface area contributed by atoms with E-state index in [4.69, 9.17) is 5.11 Å². The minimum Gasteiger partial charge on any atom is -0.478 e. The molecular formula is C13H12N4O2. The maximum atomic E-state index is 10.9. The molecule has 0 aliphatic heterocycles. The van der Waals surface area contributed by atoms with Crippen molar-refractivity contribution in [2.75, 3.05) is 0 Å². The number of rotatable bonds is 4. The lowest BCUT2D eigenvalue weighted by Gasteiger charge is -2.05. The van der Waals surface area contributed by atoms with Crippen LogP contribution in [0.15, 0.2) is 43.2 Å². The third kappa shape index (κ3) is 2.20. The number of carbonyl (C=O) groups is 1. The molecule has 0 aliphatic rings. The Hall–Kier alpha value is -2.63. The van der Waals surface area contributed by atoms with Crippen molar-refractivity contribution in [2.24, 2.45) is 0 Å². The molecule has 0 spiro atoms. The highest BCUT2D eigenvalue weighted by molar-refractivity contribution is 5.92. The Morgan fingerprint density at radius 2 is 2.16 bits per heavy atom. The minimum absolute atomic E-state index is 0.257. The van der Waals surface area contributed by atoms with Crippen LogP contribution in [0, 0.1) is 0 Å².